The van der Waals surface area contributed by atoms with Crippen LogP contribution in [0, 0.1) is 16.0 Å². The fourth-order valence-corrected chi connectivity index (χ4v) is 0.581. The summed E-state index contributed by atoms with van der Waals surface area (Å²) in [4.78, 5) is 9.56. The van der Waals surface area contributed by atoms with Crippen molar-refractivity contribution in [3.05, 3.63) is 10.1 Å². The summed E-state index contributed by atoms with van der Waals surface area (Å²) in [5.74, 6) is 0.0556. The van der Waals surface area contributed by atoms with Gasteiger partial charge in [0.2, 0.25) is 6.54 Å². The van der Waals surface area contributed by atoms with Gasteiger partial charge in [-0.05, 0) is 6.42 Å². The molecule has 54 valence electrons. The molecule has 1 atom stereocenters. The van der Waals surface area contributed by atoms with E-state index in [1.54, 1.807) is 0 Å². The van der Waals surface area contributed by atoms with Crippen molar-refractivity contribution in [3.8, 4) is 0 Å². The lowest BCUT2D eigenvalue weighted by atomic mass is 10.1. The Bertz CT molecular complexity index is 91.0. The lowest BCUT2D eigenvalue weighted by Gasteiger charge is -2.03. The Morgan fingerprint density at radius 3 is 2.44 bits per heavy atom. The summed E-state index contributed by atoms with van der Waals surface area (Å²) >= 11 is 0. The van der Waals surface area contributed by atoms with Crippen LogP contribution in [0.25, 0.3) is 0 Å². The van der Waals surface area contributed by atoms with E-state index in [9.17, 15) is 10.1 Å². The van der Waals surface area contributed by atoms with Crippen LogP contribution in [-0.4, -0.2) is 18.0 Å². The van der Waals surface area contributed by atoms with Crippen LogP contribution in [0.15, 0.2) is 0 Å². The molecule has 1 unspecified atom stereocenters. The van der Waals surface area contributed by atoms with Crippen molar-refractivity contribution in [2.45, 2.75) is 13.3 Å². The Balaban J connectivity index is 3.43. The summed E-state index contributed by atoms with van der Waals surface area (Å²) in [5.41, 5.74) is 5.23. The van der Waals surface area contributed by atoms with Gasteiger partial charge < -0.3 is 5.73 Å². The zero-order valence-electron chi connectivity index (χ0n) is 5.54. The van der Waals surface area contributed by atoms with E-state index in [0.717, 1.165) is 6.42 Å². The molecule has 0 amide bonds. The first-order valence-electron chi connectivity index (χ1n) is 3.02. The Morgan fingerprint density at radius 2 is 2.33 bits per heavy atom. The smallest absolute Gasteiger partial charge is 0.207 e. The number of nitrogens with two attached hydrogens (primary N) is 1. The van der Waals surface area contributed by atoms with Crippen molar-refractivity contribution in [1.82, 2.24) is 0 Å². The summed E-state index contributed by atoms with van der Waals surface area (Å²) in [6, 6.07) is 0. The Kier molecular flexibility index (Phi) is 3.96. The molecule has 0 aromatic heterocycles. The summed E-state index contributed by atoms with van der Waals surface area (Å²) < 4.78 is 0. The predicted octanol–water partition coefficient (Wildman–Crippen LogP) is 0.248. The van der Waals surface area contributed by atoms with Crippen molar-refractivity contribution >= 4 is 0 Å². The third-order valence-corrected chi connectivity index (χ3v) is 1.32. The topological polar surface area (TPSA) is 69.2 Å². The average molecular weight is 132 g/mol. The summed E-state index contributed by atoms with van der Waals surface area (Å²) in [6.45, 7) is 2.32. The summed E-state index contributed by atoms with van der Waals surface area (Å²) in [6.07, 6.45) is 0.789. The number of nitrogens with zero attached hydrogens (tertiary/aromatic N) is 1. The normalized spacial score (nSPS) is 13.1. The molecule has 0 aromatic carbocycles. The molecule has 2 N–H and O–H groups in total. The van der Waals surface area contributed by atoms with Crippen LogP contribution in [0.4, 0.5) is 0 Å². The second-order valence-electron chi connectivity index (χ2n) is 2.03. The summed E-state index contributed by atoms with van der Waals surface area (Å²) in [7, 11) is 0. The van der Waals surface area contributed by atoms with E-state index in [4.69, 9.17) is 5.73 Å². The molecule has 4 nitrogen and oxygen atoms in total. The van der Waals surface area contributed by atoms with Crippen molar-refractivity contribution in [1.29, 1.82) is 0 Å². The van der Waals surface area contributed by atoms with Gasteiger partial charge in [0.25, 0.3) is 0 Å². The predicted molar refractivity (Wildman–Crippen MR) is 34.7 cm³/mol. The van der Waals surface area contributed by atoms with Crippen molar-refractivity contribution in [2.24, 2.45) is 11.7 Å². The molecule has 0 spiro atoms. The first-order valence-corrected chi connectivity index (χ1v) is 3.02. The number of rotatable bonds is 4. The number of hydrogen-bond donors (Lipinski definition) is 1. The standard InChI is InChI=1S/C5H12N2O2/c1-2-5(3-6)4-7(8)9/h5H,2-4,6H2,1H3. The fraction of sp³-hybridized carbons (Fsp3) is 1.00. The van der Waals surface area contributed by atoms with E-state index in [2.05, 4.69) is 0 Å². The molecule has 0 rings (SSSR count). The Labute approximate surface area is 54.2 Å². The maximum Gasteiger partial charge on any atom is 0.207 e. The van der Waals surface area contributed by atoms with E-state index in [1.807, 2.05) is 6.92 Å². The second kappa shape index (κ2) is 4.26. The largest absolute Gasteiger partial charge is 0.330 e. The molecule has 0 aliphatic carbocycles. The zero-order chi connectivity index (χ0) is 7.28. The van der Waals surface area contributed by atoms with Crippen LogP contribution in [0.2, 0.25) is 0 Å². The number of hydrogen-bond acceptors (Lipinski definition) is 3. The van der Waals surface area contributed by atoms with Gasteiger partial charge >= 0.3 is 0 Å². The van der Waals surface area contributed by atoms with Crippen LogP contribution in [-0.2, 0) is 0 Å². The minimum absolute atomic E-state index is 0.00694. The molecular formula is C5H12N2O2. The third-order valence-electron chi connectivity index (χ3n) is 1.32. The minimum Gasteiger partial charge on any atom is -0.330 e. The van der Waals surface area contributed by atoms with Crippen LogP contribution < -0.4 is 5.73 Å². The van der Waals surface area contributed by atoms with Gasteiger partial charge in [0, 0.05) is 17.4 Å². The minimum atomic E-state index is -0.318. The van der Waals surface area contributed by atoms with Gasteiger partial charge in [0.15, 0.2) is 0 Å². The van der Waals surface area contributed by atoms with E-state index in [1.165, 1.54) is 0 Å². The van der Waals surface area contributed by atoms with Crippen LogP contribution in [0.1, 0.15) is 13.3 Å². The van der Waals surface area contributed by atoms with Gasteiger partial charge in [-0.2, -0.15) is 0 Å². The van der Waals surface area contributed by atoms with Gasteiger partial charge in [0.1, 0.15) is 0 Å². The molecule has 0 saturated carbocycles. The monoisotopic (exact) mass is 132 g/mol. The van der Waals surface area contributed by atoms with Gasteiger partial charge in [-0.1, -0.05) is 6.92 Å². The fourth-order valence-electron chi connectivity index (χ4n) is 0.581. The highest BCUT2D eigenvalue weighted by atomic mass is 16.6. The first-order chi connectivity index (χ1) is 4.20. The number of nitro groups is 1. The zero-order valence-corrected chi connectivity index (χ0v) is 5.54. The lowest BCUT2D eigenvalue weighted by molar-refractivity contribution is -0.487. The quantitative estimate of drug-likeness (QED) is 0.440. The SMILES string of the molecule is CCC(CN)C[N+](=O)[O-]. The molecule has 9 heavy (non-hydrogen) atoms. The highest BCUT2D eigenvalue weighted by molar-refractivity contribution is 4.53. The van der Waals surface area contributed by atoms with E-state index in [-0.39, 0.29) is 17.4 Å². The van der Waals surface area contributed by atoms with E-state index < -0.39 is 0 Å². The second-order valence-corrected chi connectivity index (χ2v) is 2.03. The van der Waals surface area contributed by atoms with Gasteiger partial charge in [-0.3, -0.25) is 10.1 Å². The van der Waals surface area contributed by atoms with Crippen LogP contribution >= 0.6 is 0 Å². The highest BCUT2D eigenvalue weighted by Gasteiger charge is 2.09. The van der Waals surface area contributed by atoms with E-state index in [0.29, 0.717) is 6.54 Å². The van der Waals surface area contributed by atoms with Gasteiger partial charge in [0.05, 0.1) is 0 Å². The Hall–Kier alpha value is -0.640. The summed E-state index contributed by atoms with van der Waals surface area (Å²) in [5, 5.41) is 9.88. The molecular weight excluding hydrogens is 120 g/mol. The molecule has 0 aliphatic rings. The van der Waals surface area contributed by atoms with Crippen molar-refractivity contribution < 1.29 is 4.92 Å². The third kappa shape index (κ3) is 3.90. The molecule has 0 aromatic rings. The highest BCUT2D eigenvalue weighted by Crippen LogP contribution is 1.98. The van der Waals surface area contributed by atoms with Crippen molar-refractivity contribution in [3.63, 3.8) is 0 Å². The maximum absolute atomic E-state index is 9.88. The lowest BCUT2D eigenvalue weighted by Crippen LogP contribution is -2.21. The van der Waals surface area contributed by atoms with Crippen molar-refractivity contribution in [2.75, 3.05) is 13.1 Å². The maximum atomic E-state index is 9.88. The van der Waals surface area contributed by atoms with Crippen LogP contribution in [0.5, 0.6) is 0 Å². The van der Waals surface area contributed by atoms with Gasteiger partial charge in [-0.25, -0.2) is 0 Å². The molecule has 0 saturated heterocycles. The average Bonchev–Trinajstić information content (AvgIpc) is 1.82. The molecule has 0 bridgehead atoms. The molecule has 4 heteroatoms. The molecule has 0 heterocycles. The first kappa shape index (κ1) is 8.36. The Morgan fingerprint density at radius 1 is 1.78 bits per heavy atom. The molecule has 0 aliphatic heterocycles. The molecule has 0 radical (unpaired) electrons. The van der Waals surface area contributed by atoms with E-state index >= 15 is 0 Å². The van der Waals surface area contributed by atoms with Crippen LogP contribution in [0.3, 0.4) is 0 Å². The van der Waals surface area contributed by atoms with Gasteiger partial charge in [-0.15, -0.1) is 0 Å². The molecule has 0 fully saturated rings.